The first-order valence-corrected chi connectivity index (χ1v) is 8.29. The Labute approximate surface area is 126 Å². The molecule has 3 aliphatic heterocycles. The predicted octanol–water partition coefficient (Wildman–Crippen LogP) is 0.473. The summed E-state index contributed by atoms with van der Waals surface area (Å²) in [4.78, 5) is 14.8. The van der Waals surface area contributed by atoms with Crippen molar-refractivity contribution in [2.75, 3.05) is 46.3 Å². The molecule has 3 fully saturated rings. The van der Waals surface area contributed by atoms with E-state index in [1.807, 2.05) is 7.05 Å². The molecule has 3 saturated heterocycles. The minimum Gasteiger partial charge on any atom is -0.319 e. The number of rotatable bonds is 3. The summed E-state index contributed by atoms with van der Waals surface area (Å²) in [6.45, 7) is 7.00. The van der Waals surface area contributed by atoms with Crippen molar-refractivity contribution in [3.63, 3.8) is 0 Å². The maximum absolute atomic E-state index is 4.95. The second-order valence-electron chi connectivity index (χ2n) is 6.72. The van der Waals surface area contributed by atoms with Gasteiger partial charge in [0.05, 0.1) is 6.04 Å². The van der Waals surface area contributed by atoms with Crippen LogP contribution in [0.2, 0.25) is 0 Å². The average Bonchev–Trinajstić information content (AvgIpc) is 2.56. The van der Waals surface area contributed by atoms with E-state index in [9.17, 15) is 0 Å². The molecule has 5 rings (SSSR count). The monoisotopic (exact) mass is 287 g/mol. The van der Waals surface area contributed by atoms with Gasteiger partial charge >= 0.3 is 0 Å². The number of fused-ring (bicyclic) bond motifs is 4. The minimum atomic E-state index is 0.424. The fraction of sp³-hybridized carbons (Fsp3) is 0.750. The van der Waals surface area contributed by atoms with Crippen LogP contribution in [-0.4, -0.2) is 66.1 Å². The van der Waals surface area contributed by atoms with Crippen molar-refractivity contribution in [3.8, 4) is 0 Å². The molecule has 0 radical (unpaired) electrons. The highest BCUT2D eigenvalue weighted by molar-refractivity contribution is 5.22. The number of hydrogen-bond acceptors (Lipinski definition) is 5. The van der Waals surface area contributed by atoms with Crippen molar-refractivity contribution in [2.24, 2.45) is 5.92 Å². The Morgan fingerprint density at radius 2 is 2.14 bits per heavy atom. The van der Waals surface area contributed by atoms with E-state index in [4.69, 9.17) is 9.97 Å². The molecule has 1 aromatic rings. The second-order valence-corrected chi connectivity index (χ2v) is 6.72. The van der Waals surface area contributed by atoms with Crippen molar-refractivity contribution in [1.82, 2.24) is 25.1 Å². The SMILES string of the molecule is CNCC1CCc2nc(C3CN4CCN3CC4)ncc2C1. The van der Waals surface area contributed by atoms with E-state index in [-0.39, 0.29) is 0 Å². The molecular formula is C16H25N5. The Balaban J connectivity index is 1.54. The van der Waals surface area contributed by atoms with Crippen LogP contribution >= 0.6 is 0 Å². The Bertz CT molecular complexity index is 509. The standard InChI is InChI=1S/C16H25N5/c1-17-9-12-2-3-14-13(8-12)10-18-16(19-14)15-11-20-4-6-21(15)7-5-20/h10,12,15,17H,2-9,11H2,1H3. The molecule has 0 spiro atoms. The topological polar surface area (TPSA) is 44.3 Å². The van der Waals surface area contributed by atoms with Gasteiger partial charge in [-0.1, -0.05) is 0 Å². The van der Waals surface area contributed by atoms with Crippen LogP contribution in [0.25, 0.3) is 0 Å². The summed E-state index contributed by atoms with van der Waals surface area (Å²) in [5.74, 6) is 1.81. The Kier molecular flexibility index (Phi) is 3.65. The summed E-state index contributed by atoms with van der Waals surface area (Å²) in [7, 11) is 2.04. The predicted molar refractivity (Wildman–Crippen MR) is 82.2 cm³/mol. The molecule has 1 aromatic heterocycles. The van der Waals surface area contributed by atoms with Gasteiger partial charge in [-0.25, -0.2) is 9.97 Å². The van der Waals surface area contributed by atoms with E-state index < -0.39 is 0 Å². The second kappa shape index (κ2) is 5.63. The van der Waals surface area contributed by atoms with Gasteiger partial charge < -0.3 is 5.32 Å². The third-order valence-electron chi connectivity index (χ3n) is 5.34. The third kappa shape index (κ3) is 2.58. The summed E-state index contributed by atoms with van der Waals surface area (Å²) < 4.78 is 0. The third-order valence-corrected chi connectivity index (χ3v) is 5.34. The number of hydrogen-bond donors (Lipinski definition) is 1. The average molecular weight is 287 g/mol. The van der Waals surface area contributed by atoms with Crippen LogP contribution in [-0.2, 0) is 12.8 Å². The molecule has 5 heteroatoms. The van der Waals surface area contributed by atoms with Crippen molar-refractivity contribution < 1.29 is 0 Å². The Morgan fingerprint density at radius 1 is 1.29 bits per heavy atom. The zero-order valence-electron chi connectivity index (χ0n) is 12.9. The Hall–Kier alpha value is -1.04. The fourth-order valence-electron chi connectivity index (χ4n) is 4.08. The van der Waals surface area contributed by atoms with Gasteiger partial charge in [-0.15, -0.1) is 0 Å². The maximum atomic E-state index is 4.95. The molecule has 0 saturated carbocycles. The lowest BCUT2D eigenvalue weighted by Crippen LogP contribution is -2.57. The molecule has 2 unspecified atom stereocenters. The first-order chi connectivity index (χ1) is 10.3. The lowest BCUT2D eigenvalue weighted by molar-refractivity contribution is 0.00850. The van der Waals surface area contributed by atoms with Crippen molar-refractivity contribution in [2.45, 2.75) is 25.3 Å². The molecular weight excluding hydrogens is 262 g/mol. The molecule has 4 aliphatic rings. The van der Waals surface area contributed by atoms with E-state index >= 15 is 0 Å². The van der Waals surface area contributed by atoms with Crippen molar-refractivity contribution in [3.05, 3.63) is 23.3 Å². The number of aryl methyl sites for hydroxylation is 1. The first kappa shape index (κ1) is 13.6. The van der Waals surface area contributed by atoms with Crippen LogP contribution in [0.1, 0.15) is 29.5 Å². The van der Waals surface area contributed by atoms with Gasteiger partial charge in [-0.05, 0) is 44.3 Å². The first-order valence-electron chi connectivity index (χ1n) is 8.29. The van der Waals surface area contributed by atoms with Gasteiger partial charge in [0, 0.05) is 44.6 Å². The van der Waals surface area contributed by atoms with Gasteiger partial charge in [-0.3, -0.25) is 9.80 Å². The molecule has 0 aromatic carbocycles. The molecule has 1 N–H and O–H groups in total. The highest BCUT2D eigenvalue weighted by Gasteiger charge is 2.35. The molecule has 5 nitrogen and oxygen atoms in total. The largest absolute Gasteiger partial charge is 0.319 e. The van der Waals surface area contributed by atoms with E-state index in [1.165, 1.54) is 43.9 Å². The van der Waals surface area contributed by atoms with E-state index in [0.717, 1.165) is 37.7 Å². The highest BCUT2D eigenvalue weighted by Crippen LogP contribution is 2.29. The van der Waals surface area contributed by atoms with Gasteiger partial charge in [0.2, 0.25) is 0 Å². The van der Waals surface area contributed by atoms with Crippen LogP contribution < -0.4 is 5.32 Å². The maximum Gasteiger partial charge on any atom is 0.146 e. The van der Waals surface area contributed by atoms with E-state index in [2.05, 4.69) is 21.3 Å². The molecule has 0 amide bonds. The molecule has 2 bridgehead atoms. The lowest BCUT2D eigenvalue weighted by Gasteiger charge is -2.46. The summed E-state index contributed by atoms with van der Waals surface area (Å²) >= 11 is 0. The fourth-order valence-corrected chi connectivity index (χ4v) is 4.08. The smallest absolute Gasteiger partial charge is 0.146 e. The van der Waals surface area contributed by atoms with Crippen LogP contribution in [0.4, 0.5) is 0 Å². The van der Waals surface area contributed by atoms with Crippen molar-refractivity contribution >= 4 is 0 Å². The number of nitrogens with one attached hydrogen (secondary N) is 1. The summed E-state index contributed by atoms with van der Waals surface area (Å²) in [5.41, 5.74) is 2.69. The highest BCUT2D eigenvalue weighted by atomic mass is 15.4. The minimum absolute atomic E-state index is 0.424. The molecule has 2 atom stereocenters. The van der Waals surface area contributed by atoms with Crippen LogP contribution in [0.15, 0.2) is 6.20 Å². The Morgan fingerprint density at radius 3 is 2.86 bits per heavy atom. The molecule has 21 heavy (non-hydrogen) atoms. The number of aromatic nitrogens is 2. The van der Waals surface area contributed by atoms with Crippen LogP contribution in [0.3, 0.4) is 0 Å². The summed E-state index contributed by atoms with van der Waals surface area (Å²) in [6, 6.07) is 0.424. The van der Waals surface area contributed by atoms with E-state index in [1.54, 1.807) is 0 Å². The van der Waals surface area contributed by atoms with Crippen LogP contribution in [0, 0.1) is 5.92 Å². The molecule has 114 valence electrons. The molecule has 4 heterocycles. The van der Waals surface area contributed by atoms with Gasteiger partial charge in [0.15, 0.2) is 0 Å². The number of nitrogens with zero attached hydrogens (tertiary/aromatic N) is 4. The summed E-state index contributed by atoms with van der Waals surface area (Å²) in [5, 5.41) is 3.30. The van der Waals surface area contributed by atoms with Gasteiger partial charge in [0.1, 0.15) is 5.82 Å². The zero-order valence-corrected chi connectivity index (χ0v) is 12.9. The zero-order chi connectivity index (χ0) is 14.2. The number of piperazine rings is 3. The normalized spacial score (nSPS) is 34.7. The van der Waals surface area contributed by atoms with Gasteiger partial charge in [0.25, 0.3) is 0 Å². The molecule has 1 aliphatic carbocycles. The lowest BCUT2D eigenvalue weighted by atomic mass is 9.87. The summed E-state index contributed by atoms with van der Waals surface area (Å²) in [6.07, 6.45) is 5.62. The van der Waals surface area contributed by atoms with Gasteiger partial charge in [-0.2, -0.15) is 0 Å². The quantitative estimate of drug-likeness (QED) is 0.876. The van der Waals surface area contributed by atoms with E-state index in [0.29, 0.717) is 6.04 Å². The van der Waals surface area contributed by atoms with Crippen LogP contribution in [0.5, 0.6) is 0 Å². The van der Waals surface area contributed by atoms with Crippen molar-refractivity contribution in [1.29, 1.82) is 0 Å².